The van der Waals surface area contributed by atoms with Crippen LogP contribution in [0.3, 0.4) is 0 Å². The van der Waals surface area contributed by atoms with Gasteiger partial charge in [-0.3, -0.25) is 0 Å². The molecule has 0 amide bonds. The van der Waals surface area contributed by atoms with Gasteiger partial charge in [0, 0.05) is 38.6 Å². The van der Waals surface area contributed by atoms with Gasteiger partial charge in [0.25, 0.3) is 0 Å². The predicted molar refractivity (Wildman–Crippen MR) is 98.2 cm³/mol. The van der Waals surface area contributed by atoms with Crippen LogP contribution in [0.4, 0.5) is 0 Å². The monoisotopic (exact) mass is 302 g/mol. The van der Waals surface area contributed by atoms with Crippen molar-refractivity contribution in [1.82, 2.24) is 9.97 Å². The lowest BCUT2D eigenvalue weighted by Gasteiger charge is -2.27. The fourth-order valence-corrected chi connectivity index (χ4v) is 4.29. The first kappa shape index (κ1) is 14.1. The quantitative estimate of drug-likeness (QED) is 0.483. The Labute approximate surface area is 136 Å². The lowest BCUT2D eigenvalue weighted by atomic mass is 9.75. The van der Waals surface area contributed by atoms with E-state index in [1.54, 1.807) is 0 Å². The molecule has 2 heteroatoms. The average Bonchev–Trinajstić information content (AvgIpc) is 3.02. The first-order chi connectivity index (χ1) is 11.0. The van der Waals surface area contributed by atoms with E-state index >= 15 is 0 Å². The third-order valence-corrected chi connectivity index (χ3v) is 5.04. The summed E-state index contributed by atoms with van der Waals surface area (Å²) in [5.74, 6) is 0. The normalized spacial score (nSPS) is 12.3. The lowest BCUT2D eigenvalue weighted by molar-refractivity contribution is 0.642. The molecule has 116 valence electrons. The maximum absolute atomic E-state index is 3.55. The molecule has 0 bridgehead atoms. The number of para-hydroxylation sites is 2. The number of aryl methyl sites for hydroxylation is 2. The summed E-state index contributed by atoms with van der Waals surface area (Å²) in [4.78, 5) is 7.10. The minimum absolute atomic E-state index is 0.0760. The van der Waals surface area contributed by atoms with Gasteiger partial charge < -0.3 is 9.97 Å². The number of aromatic nitrogens is 2. The van der Waals surface area contributed by atoms with E-state index in [0.29, 0.717) is 0 Å². The van der Waals surface area contributed by atoms with Crippen molar-refractivity contribution in [2.24, 2.45) is 0 Å². The second kappa shape index (κ2) is 4.76. The van der Waals surface area contributed by atoms with Gasteiger partial charge in [0.1, 0.15) is 0 Å². The van der Waals surface area contributed by atoms with Gasteiger partial charge in [-0.25, -0.2) is 0 Å². The average molecular weight is 302 g/mol. The molecule has 0 atom stereocenters. The zero-order chi connectivity index (χ0) is 16.2. The van der Waals surface area contributed by atoms with Crippen LogP contribution in [0.1, 0.15) is 36.4 Å². The highest BCUT2D eigenvalue weighted by molar-refractivity contribution is 5.90. The van der Waals surface area contributed by atoms with Crippen LogP contribution in [0.25, 0.3) is 21.8 Å². The molecule has 2 N–H and O–H groups in total. The molecule has 0 saturated carbocycles. The minimum Gasteiger partial charge on any atom is -0.358 e. The van der Waals surface area contributed by atoms with Crippen molar-refractivity contribution >= 4 is 21.8 Å². The Morgan fingerprint density at radius 2 is 1.04 bits per heavy atom. The van der Waals surface area contributed by atoms with Crippen LogP contribution in [-0.4, -0.2) is 9.97 Å². The van der Waals surface area contributed by atoms with E-state index in [0.717, 1.165) is 0 Å². The van der Waals surface area contributed by atoms with Crippen molar-refractivity contribution in [1.29, 1.82) is 0 Å². The Bertz CT molecular complexity index is 933. The summed E-state index contributed by atoms with van der Waals surface area (Å²) in [5, 5.41) is 2.64. The third kappa shape index (κ3) is 1.94. The maximum Gasteiger partial charge on any atom is 0.0459 e. The van der Waals surface area contributed by atoms with E-state index in [-0.39, 0.29) is 5.41 Å². The lowest BCUT2D eigenvalue weighted by Crippen LogP contribution is -2.20. The molecule has 2 heterocycles. The summed E-state index contributed by atoms with van der Waals surface area (Å²) >= 11 is 0. The van der Waals surface area contributed by atoms with Gasteiger partial charge in [-0.2, -0.15) is 0 Å². The van der Waals surface area contributed by atoms with E-state index < -0.39 is 0 Å². The summed E-state index contributed by atoms with van der Waals surface area (Å²) in [6, 6.07) is 17.2. The highest BCUT2D eigenvalue weighted by Gasteiger charge is 2.32. The molecule has 0 unspecified atom stereocenters. The van der Waals surface area contributed by atoms with Crippen LogP contribution < -0.4 is 0 Å². The van der Waals surface area contributed by atoms with E-state index in [2.05, 4.69) is 86.2 Å². The molecule has 4 rings (SSSR count). The van der Waals surface area contributed by atoms with E-state index in [1.807, 2.05) is 0 Å². The smallest absolute Gasteiger partial charge is 0.0459 e. The Morgan fingerprint density at radius 3 is 1.48 bits per heavy atom. The molecule has 0 spiro atoms. The van der Waals surface area contributed by atoms with Crippen molar-refractivity contribution in [3.8, 4) is 0 Å². The minimum atomic E-state index is -0.0760. The van der Waals surface area contributed by atoms with Crippen molar-refractivity contribution in [3.63, 3.8) is 0 Å². The zero-order valence-corrected chi connectivity index (χ0v) is 14.1. The van der Waals surface area contributed by atoms with Crippen molar-refractivity contribution in [2.75, 3.05) is 0 Å². The number of rotatable bonds is 2. The fraction of sp³-hybridized carbons (Fsp3) is 0.238. The predicted octanol–water partition coefficient (Wildman–Crippen LogP) is 5.59. The molecule has 0 aliphatic heterocycles. The molecule has 2 nitrogen and oxygen atoms in total. The van der Waals surface area contributed by atoms with Crippen LogP contribution in [0.2, 0.25) is 0 Å². The SMILES string of the molecule is Cc1[nH]c2ccccc2c1C(C)(C)c1c(C)[nH]c2ccccc12. The highest BCUT2D eigenvalue weighted by atomic mass is 14.7. The Kier molecular flexibility index (Phi) is 2.92. The first-order valence-corrected chi connectivity index (χ1v) is 8.15. The van der Waals surface area contributed by atoms with Crippen molar-refractivity contribution in [3.05, 3.63) is 71.0 Å². The van der Waals surface area contributed by atoms with Crippen LogP contribution >= 0.6 is 0 Å². The number of fused-ring (bicyclic) bond motifs is 2. The highest BCUT2D eigenvalue weighted by Crippen LogP contribution is 2.42. The molecule has 0 saturated heterocycles. The second-order valence-electron chi connectivity index (χ2n) is 6.97. The Morgan fingerprint density at radius 1 is 0.652 bits per heavy atom. The second-order valence-corrected chi connectivity index (χ2v) is 6.97. The van der Waals surface area contributed by atoms with Crippen LogP contribution in [0.5, 0.6) is 0 Å². The van der Waals surface area contributed by atoms with Gasteiger partial charge in [-0.05, 0) is 37.1 Å². The largest absolute Gasteiger partial charge is 0.358 e. The standard InChI is InChI=1S/C21H22N2/c1-13-19(15-9-5-7-11-17(15)22-13)21(3,4)20-14(2)23-18-12-8-6-10-16(18)20/h5-12,22-23H,1-4H3. The van der Waals surface area contributed by atoms with E-state index in [1.165, 1.54) is 44.3 Å². The zero-order valence-electron chi connectivity index (χ0n) is 14.1. The first-order valence-electron chi connectivity index (χ1n) is 8.15. The van der Waals surface area contributed by atoms with Gasteiger partial charge in [0.2, 0.25) is 0 Å². The van der Waals surface area contributed by atoms with Gasteiger partial charge in [0.15, 0.2) is 0 Å². The molecule has 0 radical (unpaired) electrons. The third-order valence-electron chi connectivity index (χ3n) is 5.04. The molecule has 0 aliphatic rings. The van der Waals surface area contributed by atoms with Crippen LogP contribution in [0.15, 0.2) is 48.5 Å². The maximum atomic E-state index is 3.55. The Hall–Kier alpha value is -2.48. The summed E-state index contributed by atoms with van der Waals surface area (Å²) in [6.07, 6.45) is 0. The fourth-order valence-electron chi connectivity index (χ4n) is 4.29. The molecule has 2 aromatic carbocycles. The van der Waals surface area contributed by atoms with Gasteiger partial charge in [-0.15, -0.1) is 0 Å². The number of aromatic amines is 2. The van der Waals surface area contributed by atoms with E-state index in [4.69, 9.17) is 0 Å². The van der Waals surface area contributed by atoms with Gasteiger partial charge >= 0.3 is 0 Å². The number of H-pyrrole nitrogens is 2. The molecule has 0 aliphatic carbocycles. The number of benzene rings is 2. The summed E-state index contributed by atoms with van der Waals surface area (Å²) < 4.78 is 0. The van der Waals surface area contributed by atoms with Gasteiger partial charge in [-0.1, -0.05) is 50.2 Å². The summed E-state index contributed by atoms with van der Waals surface area (Å²) in [5.41, 5.74) is 7.63. The van der Waals surface area contributed by atoms with Crippen molar-refractivity contribution in [2.45, 2.75) is 33.1 Å². The van der Waals surface area contributed by atoms with Crippen molar-refractivity contribution < 1.29 is 0 Å². The topological polar surface area (TPSA) is 31.6 Å². The van der Waals surface area contributed by atoms with Gasteiger partial charge in [0.05, 0.1) is 0 Å². The van der Waals surface area contributed by atoms with Crippen LogP contribution in [0, 0.1) is 13.8 Å². The number of hydrogen-bond donors (Lipinski definition) is 2. The van der Waals surface area contributed by atoms with E-state index in [9.17, 15) is 0 Å². The number of nitrogens with one attached hydrogen (secondary N) is 2. The molecular formula is C21H22N2. The molecule has 4 aromatic rings. The molecule has 23 heavy (non-hydrogen) atoms. The Balaban J connectivity index is 2.06. The molecule has 0 fully saturated rings. The number of hydrogen-bond acceptors (Lipinski definition) is 0. The van der Waals surface area contributed by atoms with Crippen LogP contribution in [-0.2, 0) is 5.41 Å². The molecular weight excluding hydrogens is 280 g/mol. The summed E-state index contributed by atoms with van der Waals surface area (Å²) in [6.45, 7) is 9.03. The molecule has 2 aromatic heterocycles. The summed E-state index contributed by atoms with van der Waals surface area (Å²) in [7, 11) is 0.